The molecule has 2 atom stereocenters. The zero-order valence-corrected chi connectivity index (χ0v) is 7.62. The average Bonchev–Trinajstić information content (AvgIpc) is 2.00. The van der Waals surface area contributed by atoms with Gasteiger partial charge in [0.05, 0.1) is 6.42 Å². The minimum absolute atomic E-state index is 0.0592. The summed E-state index contributed by atoms with van der Waals surface area (Å²) in [5, 5.41) is 16.6. The van der Waals surface area contributed by atoms with E-state index in [-0.39, 0.29) is 17.9 Å². The van der Waals surface area contributed by atoms with Crippen LogP contribution in [-0.4, -0.2) is 43.9 Å². The lowest BCUT2D eigenvalue weighted by Crippen LogP contribution is -2.36. The summed E-state index contributed by atoms with van der Waals surface area (Å²) in [6.07, 6.45) is -0.237. The van der Waals surface area contributed by atoms with E-state index in [1.54, 1.807) is 0 Å². The van der Waals surface area contributed by atoms with Gasteiger partial charge in [-0.05, 0) is 0 Å². The molecule has 0 aromatic rings. The molecule has 4 N–H and O–H groups in total. The summed E-state index contributed by atoms with van der Waals surface area (Å²) < 4.78 is 11.0. The smallest absolute Gasteiger partial charge is 0.321 e. The van der Waals surface area contributed by atoms with E-state index in [0.717, 1.165) is 0 Å². The predicted octanol–water partition coefficient (Wildman–Crippen LogP) is -1.38. The van der Waals surface area contributed by atoms with Crippen molar-refractivity contribution in [3.05, 3.63) is 0 Å². The number of carboxylic acids is 2. The fourth-order valence-corrected chi connectivity index (χ4v) is 1.67. The van der Waals surface area contributed by atoms with Gasteiger partial charge in [0, 0.05) is 22.3 Å². The van der Waals surface area contributed by atoms with E-state index in [0.29, 0.717) is 0 Å². The first kappa shape index (κ1) is 12.0. The summed E-state index contributed by atoms with van der Waals surface area (Å²) in [6, 6.07) is -1.19. The number of hydrogen-bond acceptors (Lipinski definition) is 4. The largest absolute Gasteiger partial charge is 0.481 e. The minimum Gasteiger partial charge on any atom is -0.481 e. The van der Waals surface area contributed by atoms with Crippen LogP contribution >= 0.6 is 0 Å². The van der Waals surface area contributed by atoms with Crippen molar-refractivity contribution in [2.45, 2.75) is 12.5 Å². The Hall–Kier alpha value is -0.950. The third kappa shape index (κ3) is 6.23. The molecule has 13 heavy (non-hydrogen) atoms. The third-order valence-electron chi connectivity index (χ3n) is 1.23. The molecule has 2 unspecified atom stereocenters. The van der Waals surface area contributed by atoms with Crippen molar-refractivity contribution < 1.29 is 24.0 Å². The molecule has 7 heteroatoms. The van der Waals surface area contributed by atoms with Crippen LogP contribution in [0.3, 0.4) is 0 Å². The molecule has 0 heterocycles. The van der Waals surface area contributed by atoms with E-state index in [9.17, 15) is 13.8 Å². The van der Waals surface area contributed by atoms with Crippen LogP contribution in [0, 0.1) is 0 Å². The van der Waals surface area contributed by atoms with Crippen LogP contribution in [-0.2, 0) is 20.4 Å². The number of hydrogen-bond donors (Lipinski definition) is 3. The second-order valence-corrected chi connectivity index (χ2v) is 4.02. The van der Waals surface area contributed by atoms with Crippen LogP contribution in [0.4, 0.5) is 0 Å². The Morgan fingerprint density at radius 3 is 2.31 bits per heavy atom. The van der Waals surface area contributed by atoms with Gasteiger partial charge in [-0.2, -0.15) is 0 Å². The van der Waals surface area contributed by atoms with E-state index in [4.69, 9.17) is 15.9 Å². The Morgan fingerprint density at radius 2 is 1.92 bits per heavy atom. The molecular formula is C6H11NO5S. The van der Waals surface area contributed by atoms with Crippen LogP contribution in [0.1, 0.15) is 6.42 Å². The van der Waals surface area contributed by atoms with Gasteiger partial charge in [0.2, 0.25) is 0 Å². The Bertz CT molecular complexity index is 229. The van der Waals surface area contributed by atoms with E-state index in [1.165, 1.54) is 0 Å². The zero-order valence-electron chi connectivity index (χ0n) is 6.80. The number of aliphatic carboxylic acids is 2. The number of carbonyl (C=O) groups is 2. The van der Waals surface area contributed by atoms with E-state index >= 15 is 0 Å². The van der Waals surface area contributed by atoms with Crippen LogP contribution in [0.2, 0.25) is 0 Å². The first-order chi connectivity index (χ1) is 5.93. The maximum atomic E-state index is 11.0. The molecule has 0 aliphatic rings. The second-order valence-electron chi connectivity index (χ2n) is 2.40. The topological polar surface area (TPSA) is 118 Å². The van der Waals surface area contributed by atoms with Crippen LogP contribution in [0.15, 0.2) is 0 Å². The molecule has 0 amide bonds. The highest BCUT2D eigenvalue weighted by Gasteiger charge is 2.15. The minimum atomic E-state index is -1.48. The highest BCUT2D eigenvalue weighted by molar-refractivity contribution is 7.85. The van der Waals surface area contributed by atoms with Crippen molar-refractivity contribution in [2.24, 2.45) is 5.73 Å². The van der Waals surface area contributed by atoms with Gasteiger partial charge in [0.15, 0.2) is 0 Å². The lowest BCUT2D eigenvalue weighted by molar-refractivity contribution is -0.138. The van der Waals surface area contributed by atoms with Gasteiger partial charge in [-0.25, -0.2) is 0 Å². The average molecular weight is 209 g/mol. The summed E-state index contributed by atoms with van der Waals surface area (Å²) in [5.41, 5.74) is 5.08. The van der Waals surface area contributed by atoms with Gasteiger partial charge in [0.25, 0.3) is 0 Å². The highest BCUT2D eigenvalue weighted by Crippen LogP contribution is 1.91. The van der Waals surface area contributed by atoms with Crippen LogP contribution in [0.25, 0.3) is 0 Å². The summed E-state index contributed by atoms with van der Waals surface area (Å²) >= 11 is 0. The van der Waals surface area contributed by atoms with E-state index < -0.39 is 28.8 Å². The Balaban J connectivity index is 3.74. The van der Waals surface area contributed by atoms with Gasteiger partial charge in [-0.15, -0.1) is 0 Å². The van der Waals surface area contributed by atoms with Crippen molar-refractivity contribution in [2.75, 3.05) is 11.5 Å². The highest BCUT2D eigenvalue weighted by atomic mass is 32.2. The molecule has 0 radical (unpaired) electrons. The molecule has 0 aromatic carbocycles. The van der Waals surface area contributed by atoms with Gasteiger partial charge in [-0.1, -0.05) is 0 Å². The molecule has 0 spiro atoms. The standard InChI is InChI=1S/C6H11NO5S/c7-4(6(10)11)3-13(12)2-1-5(8)9/h4H,1-3,7H2,(H,8,9)(H,10,11). The first-order valence-electron chi connectivity index (χ1n) is 3.48. The first-order valence-corrected chi connectivity index (χ1v) is 4.97. The maximum Gasteiger partial charge on any atom is 0.321 e. The maximum absolute atomic E-state index is 11.0. The Labute approximate surface area is 77.2 Å². The van der Waals surface area contributed by atoms with E-state index in [1.807, 2.05) is 0 Å². The molecule has 0 saturated carbocycles. The van der Waals surface area contributed by atoms with Crippen LogP contribution < -0.4 is 5.73 Å². The summed E-state index contributed by atoms with van der Waals surface area (Å²) in [7, 11) is -1.48. The summed E-state index contributed by atoms with van der Waals surface area (Å²) in [5.74, 6) is -2.56. The molecule has 6 nitrogen and oxygen atoms in total. The number of carboxylic acid groups (broad SMARTS) is 2. The number of nitrogens with two attached hydrogens (primary N) is 1. The predicted molar refractivity (Wildman–Crippen MR) is 45.7 cm³/mol. The molecular weight excluding hydrogens is 198 g/mol. The normalized spacial score (nSPS) is 14.8. The molecule has 0 aliphatic heterocycles. The second kappa shape index (κ2) is 5.65. The molecule has 0 aliphatic carbocycles. The zero-order chi connectivity index (χ0) is 10.4. The molecule has 0 bridgehead atoms. The van der Waals surface area contributed by atoms with Crippen molar-refractivity contribution in [3.63, 3.8) is 0 Å². The summed E-state index contributed by atoms with van der Waals surface area (Å²) in [6.45, 7) is 0. The fourth-order valence-electron chi connectivity index (χ4n) is 0.556. The van der Waals surface area contributed by atoms with Gasteiger partial charge >= 0.3 is 11.9 Å². The van der Waals surface area contributed by atoms with Crippen molar-refractivity contribution in [3.8, 4) is 0 Å². The van der Waals surface area contributed by atoms with Gasteiger partial charge < -0.3 is 15.9 Å². The SMILES string of the molecule is NC(CS(=O)CCC(=O)O)C(=O)O. The Kier molecular flexibility index (Phi) is 5.24. The Morgan fingerprint density at radius 1 is 1.38 bits per heavy atom. The number of rotatable bonds is 6. The van der Waals surface area contributed by atoms with Gasteiger partial charge in [-0.3, -0.25) is 13.8 Å². The van der Waals surface area contributed by atoms with Crippen molar-refractivity contribution >= 4 is 22.7 Å². The van der Waals surface area contributed by atoms with E-state index in [2.05, 4.69) is 0 Å². The van der Waals surface area contributed by atoms with Crippen molar-refractivity contribution in [1.29, 1.82) is 0 Å². The molecule has 0 saturated heterocycles. The van der Waals surface area contributed by atoms with Crippen molar-refractivity contribution in [1.82, 2.24) is 0 Å². The fraction of sp³-hybridized carbons (Fsp3) is 0.667. The molecule has 76 valence electrons. The lowest BCUT2D eigenvalue weighted by Gasteiger charge is -2.04. The third-order valence-corrected chi connectivity index (χ3v) is 2.62. The quantitative estimate of drug-likeness (QED) is 0.496. The monoisotopic (exact) mass is 209 g/mol. The molecule has 0 rings (SSSR count). The summed E-state index contributed by atoms with van der Waals surface area (Å²) in [4.78, 5) is 20.2. The van der Waals surface area contributed by atoms with Crippen LogP contribution in [0.5, 0.6) is 0 Å². The molecule has 0 fully saturated rings. The molecule has 0 aromatic heterocycles. The lowest BCUT2D eigenvalue weighted by atomic mass is 10.4. The van der Waals surface area contributed by atoms with Gasteiger partial charge in [0.1, 0.15) is 6.04 Å².